The Morgan fingerprint density at radius 2 is 2.11 bits per heavy atom. The molecule has 2 fully saturated rings. The van der Waals surface area contributed by atoms with Crippen molar-refractivity contribution in [3.63, 3.8) is 0 Å². The summed E-state index contributed by atoms with van der Waals surface area (Å²) >= 11 is 0. The zero-order valence-corrected chi connectivity index (χ0v) is 11.3. The smallest absolute Gasteiger partial charge is 0.225 e. The lowest BCUT2D eigenvalue weighted by Crippen LogP contribution is -2.30. The van der Waals surface area contributed by atoms with E-state index < -0.39 is 0 Å². The Bertz CT molecular complexity index is 424. The van der Waals surface area contributed by atoms with Gasteiger partial charge in [-0.2, -0.15) is 0 Å². The van der Waals surface area contributed by atoms with Gasteiger partial charge in [-0.3, -0.25) is 0 Å². The highest BCUT2D eigenvalue weighted by molar-refractivity contribution is 5.36. The molecule has 0 unspecified atom stereocenters. The van der Waals surface area contributed by atoms with Gasteiger partial charge in [0.1, 0.15) is 0 Å². The van der Waals surface area contributed by atoms with E-state index in [1.807, 2.05) is 13.2 Å². The molecule has 18 heavy (non-hydrogen) atoms. The summed E-state index contributed by atoms with van der Waals surface area (Å²) in [6.45, 7) is 4.09. The first-order valence-corrected chi connectivity index (χ1v) is 7.01. The van der Waals surface area contributed by atoms with Crippen LogP contribution in [0.1, 0.15) is 36.9 Å². The van der Waals surface area contributed by atoms with E-state index >= 15 is 0 Å². The van der Waals surface area contributed by atoms with Gasteiger partial charge in [0.05, 0.1) is 0 Å². The molecule has 1 N–H and O–H groups in total. The normalized spacial score (nSPS) is 19.0. The fourth-order valence-electron chi connectivity index (χ4n) is 2.34. The van der Waals surface area contributed by atoms with Gasteiger partial charge >= 0.3 is 0 Å². The molecule has 2 aliphatic carbocycles. The van der Waals surface area contributed by atoms with Gasteiger partial charge in [0.25, 0.3) is 0 Å². The predicted molar refractivity (Wildman–Crippen MR) is 72.6 cm³/mol. The zero-order valence-electron chi connectivity index (χ0n) is 11.3. The van der Waals surface area contributed by atoms with Gasteiger partial charge in [-0.25, -0.2) is 9.97 Å². The number of hydrogen-bond acceptors (Lipinski definition) is 4. The summed E-state index contributed by atoms with van der Waals surface area (Å²) in [6, 6.07) is 0.708. The number of aryl methyl sites for hydroxylation is 1. The van der Waals surface area contributed by atoms with Gasteiger partial charge in [-0.05, 0) is 45.6 Å². The monoisotopic (exact) mass is 246 g/mol. The van der Waals surface area contributed by atoms with Gasteiger partial charge < -0.3 is 10.2 Å². The number of nitrogens with one attached hydrogen (secondary N) is 1. The number of anilines is 1. The molecule has 0 aliphatic heterocycles. The molecule has 4 heteroatoms. The lowest BCUT2D eigenvalue weighted by molar-refractivity contribution is 0.691. The molecule has 1 aromatic rings. The molecular weight excluding hydrogens is 224 g/mol. The molecule has 0 radical (unpaired) electrons. The average Bonchev–Trinajstić information content (AvgIpc) is 3.23. The molecule has 0 bridgehead atoms. The van der Waals surface area contributed by atoms with Gasteiger partial charge in [-0.1, -0.05) is 0 Å². The molecule has 2 saturated carbocycles. The second-order valence-corrected chi connectivity index (χ2v) is 5.64. The van der Waals surface area contributed by atoms with Crippen molar-refractivity contribution in [2.24, 2.45) is 5.92 Å². The Morgan fingerprint density at radius 3 is 2.67 bits per heavy atom. The van der Waals surface area contributed by atoms with Crippen molar-refractivity contribution in [3.05, 3.63) is 17.5 Å². The van der Waals surface area contributed by atoms with Crippen molar-refractivity contribution < 1.29 is 0 Å². The molecule has 4 nitrogen and oxygen atoms in total. The van der Waals surface area contributed by atoms with Crippen LogP contribution in [-0.2, 0) is 6.54 Å². The van der Waals surface area contributed by atoms with Crippen LogP contribution in [0.2, 0.25) is 0 Å². The van der Waals surface area contributed by atoms with Crippen molar-refractivity contribution in [3.8, 4) is 0 Å². The van der Waals surface area contributed by atoms with Crippen LogP contribution >= 0.6 is 0 Å². The summed E-state index contributed by atoms with van der Waals surface area (Å²) in [7, 11) is 1.96. The fraction of sp³-hybridized carbons (Fsp3) is 0.714. The highest BCUT2D eigenvalue weighted by Gasteiger charge is 2.35. The highest BCUT2D eigenvalue weighted by atomic mass is 15.3. The lowest BCUT2D eigenvalue weighted by atomic mass is 10.2. The van der Waals surface area contributed by atoms with Crippen molar-refractivity contribution in [1.82, 2.24) is 15.3 Å². The Kier molecular flexibility index (Phi) is 3.20. The third kappa shape index (κ3) is 2.64. The summed E-state index contributed by atoms with van der Waals surface area (Å²) in [5, 5.41) is 3.16. The van der Waals surface area contributed by atoms with Gasteiger partial charge in [0, 0.05) is 36.6 Å². The molecule has 1 aromatic heterocycles. The number of nitrogens with zero attached hydrogens (tertiary/aromatic N) is 3. The first kappa shape index (κ1) is 11.9. The molecule has 0 saturated heterocycles. The first-order chi connectivity index (χ1) is 8.78. The van der Waals surface area contributed by atoms with Gasteiger partial charge in [-0.15, -0.1) is 0 Å². The van der Waals surface area contributed by atoms with Crippen LogP contribution in [0.4, 0.5) is 5.95 Å². The average molecular weight is 246 g/mol. The van der Waals surface area contributed by atoms with Crippen molar-refractivity contribution in [2.75, 3.05) is 18.5 Å². The Balaban J connectivity index is 1.77. The van der Waals surface area contributed by atoms with Crippen molar-refractivity contribution in [2.45, 2.75) is 45.2 Å². The Morgan fingerprint density at radius 1 is 1.33 bits per heavy atom. The molecule has 1 heterocycles. The second kappa shape index (κ2) is 4.84. The van der Waals surface area contributed by atoms with E-state index in [1.54, 1.807) is 0 Å². The van der Waals surface area contributed by atoms with Gasteiger partial charge in [0.15, 0.2) is 0 Å². The molecule has 2 aliphatic rings. The minimum atomic E-state index is 0.708. The van der Waals surface area contributed by atoms with E-state index in [9.17, 15) is 0 Å². The topological polar surface area (TPSA) is 41.1 Å². The number of rotatable bonds is 6. The number of hydrogen-bond donors (Lipinski definition) is 1. The summed E-state index contributed by atoms with van der Waals surface area (Å²) in [4.78, 5) is 11.7. The summed E-state index contributed by atoms with van der Waals surface area (Å²) in [6.07, 6.45) is 7.39. The maximum absolute atomic E-state index is 4.71. The van der Waals surface area contributed by atoms with Crippen LogP contribution in [0.3, 0.4) is 0 Å². The highest BCUT2D eigenvalue weighted by Crippen LogP contribution is 2.36. The largest absolute Gasteiger partial charge is 0.338 e. The molecule has 0 aromatic carbocycles. The van der Waals surface area contributed by atoms with E-state index in [4.69, 9.17) is 4.98 Å². The fourth-order valence-corrected chi connectivity index (χ4v) is 2.34. The van der Waals surface area contributed by atoms with Crippen molar-refractivity contribution >= 4 is 5.95 Å². The van der Waals surface area contributed by atoms with Gasteiger partial charge in [0.2, 0.25) is 5.95 Å². The Labute approximate surface area is 109 Å². The van der Waals surface area contributed by atoms with E-state index in [2.05, 4.69) is 22.1 Å². The van der Waals surface area contributed by atoms with E-state index in [1.165, 1.54) is 31.2 Å². The second-order valence-electron chi connectivity index (χ2n) is 5.64. The van der Waals surface area contributed by atoms with Crippen LogP contribution in [0, 0.1) is 12.8 Å². The Hall–Kier alpha value is -1.16. The standard InChI is InChI=1S/C14H22N4/c1-10-12(7-15-2)8-16-14(17-10)18(13-5-6-13)9-11-3-4-11/h8,11,13,15H,3-7,9H2,1-2H3. The maximum atomic E-state index is 4.71. The minimum absolute atomic E-state index is 0.708. The van der Waals surface area contributed by atoms with Crippen LogP contribution in [0.25, 0.3) is 0 Å². The predicted octanol–water partition coefficient (Wildman–Crippen LogP) is 1.88. The van der Waals surface area contributed by atoms with Crippen LogP contribution in [0.5, 0.6) is 0 Å². The van der Waals surface area contributed by atoms with E-state index in [0.717, 1.165) is 30.6 Å². The van der Waals surface area contributed by atoms with E-state index in [0.29, 0.717) is 6.04 Å². The molecule has 0 atom stereocenters. The lowest BCUT2D eigenvalue weighted by Gasteiger charge is -2.22. The molecule has 3 rings (SSSR count). The van der Waals surface area contributed by atoms with Crippen LogP contribution < -0.4 is 10.2 Å². The SMILES string of the molecule is CNCc1cnc(N(CC2CC2)C2CC2)nc1C. The molecule has 0 spiro atoms. The van der Waals surface area contributed by atoms with Crippen molar-refractivity contribution in [1.29, 1.82) is 0 Å². The van der Waals surface area contributed by atoms with E-state index in [-0.39, 0.29) is 0 Å². The molecule has 0 amide bonds. The summed E-state index contributed by atoms with van der Waals surface area (Å²) in [5.74, 6) is 1.84. The molecular formula is C14H22N4. The summed E-state index contributed by atoms with van der Waals surface area (Å²) in [5.41, 5.74) is 2.30. The quantitative estimate of drug-likeness (QED) is 0.832. The third-order valence-electron chi connectivity index (χ3n) is 3.83. The minimum Gasteiger partial charge on any atom is -0.338 e. The zero-order chi connectivity index (χ0) is 12.5. The van der Waals surface area contributed by atoms with Crippen LogP contribution in [-0.4, -0.2) is 29.6 Å². The number of aromatic nitrogens is 2. The molecule has 98 valence electrons. The maximum Gasteiger partial charge on any atom is 0.225 e. The summed E-state index contributed by atoms with van der Waals surface area (Å²) < 4.78 is 0. The first-order valence-electron chi connectivity index (χ1n) is 7.01. The van der Waals surface area contributed by atoms with Crippen LogP contribution in [0.15, 0.2) is 6.20 Å². The third-order valence-corrected chi connectivity index (χ3v) is 3.83.